The monoisotopic (exact) mass is 330 g/mol. The van der Waals surface area contributed by atoms with Crippen LogP contribution in [-0.2, 0) is 9.53 Å². The fourth-order valence-electron chi connectivity index (χ4n) is 2.05. The summed E-state index contributed by atoms with van der Waals surface area (Å²) >= 11 is 3.02. The molecule has 6 heteroatoms. The third-order valence-electron chi connectivity index (χ3n) is 3.17. The Hall–Kier alpha value is -1.92. The largest absolute Gasteiger partial charge is 0.468 e. The number of carbonyl (C=O) groups excluding carboxylic acids is 1. The smallest absolute Gasteiger partial charge is 0.318 e. The number of fused-ring (bicyclic) bond motifs is 1. The first-order valence-corrected chi connectivity index (χ1v) is 8.43. The molecule has 0 amide bonds. The average molecular weight is 330 g/mol. The van der Waals surface area contributed by atoms with Gasteiger partial charge >= 0.3 is 5.97 Å². The number of nitrogens with zero attached hydrogens (tertiary/aromatic N) is 2. The Morgan fingerprint density at radius 2 is 2.05 bits per heavy atom. The highest BCUT2D eigenvalue weighted by molar-refractivity contribution is 8.00. The number of aromatic nitrogens is 2. The van der Waals surface area contributed by atoms with E-state index in [1.165, 1.54) is 18.9 Å². The number of methoxy groups -OCH3 is 1. The molecule has 3 rings (SSSR count). The normalized spacial score (nSPS) is 12.3. The molecule has 0 bridgehead atoms. The summed E-state index contributed by atoms with van der Waals surface area (Å²) in [7, 11) is 1.40. The molecule has 0 saturated heterocycles. The third kappa shape index (κ3) is 2.98. The maximum Gasteiger partial charge on any atom is 0.318 e. The molecule has 1 unspecified atom stereocenters. The first-order valence-electron chi connectivity index (χ1n) is 6.73. The van der Waals surface area contributed by atoms with E-state index in [4.69, 9.17) is 4.74 Å². The van der Waals surface area contributed by atoms with Crippen molar-refractivity contribution in [1.82, 2.24) is 9.97 Å². The summed E-state index contributed by atoms with van der Waals surface area (Å²) in [6, 6.07) is 12.3. The van der Waals surface area contributed by atoms with Crippen molar-refractivity contribution in [1.29, 1.82) is 0 Å². The second-order valence-corrected chi connectivity index (χ2v) is 7.02. The second kappa shape index (κ2) is 6.46. The second-order valence-electron chi connectivity index (χ2n) is 4.66. The summed E-state index contributed by atoms with van der Waals surface area (Å²) in [5, 5.41) is 1.48. The molecule has 1 aromatic carbocycles. The van der Waals surface area contributed by atoms with E-state index in [1.807, 2.05) is 25.1 Å². The van der Waals surface area contributed by atoms with Gasteiger partial charge in [-0.05, 0) is 18.6 Å². The van der Waals surface area contributed by atoms with Crippen molar-refractivity contribution in [3.8, 4) is 10.4 Å². The predicted molar refractivity (Wildman–Crippen MR) is 90.2 cm³/mol. The SMILES string of the molecule is COC(=O)C(C)Sc1ncnc2sc(-c3ccccc3)cc12. The number of esters is 1. The molecule has 0 aliphatic heterocycles. The molecule has 2 heterocycles. The molecule has 0 N–H and O–H groups in total. The minimum atomic E-state index is -0.303. The third-order valence-corrected chi connectivity index (χ3v) is 5.36. The van der Waals surface area contributed by atoms with Gasteiger partial charge in [0.25, 0.3) is 0 Å². The summed E-state index contributed by atoms with van der Waals surface area (Å²) in [5.41, 5.74) is 1.16. The molecule has 0 aliphatic rings. The van der Waals surface area contributed by atoms with Crippen molar-refractivity contribution in [2.24, 2.45) is 0 Å². The van der Waals surface area contributed by atoms with Crippen LogP contribution in [0.4, 0.5) is 0 Å². The van der Waals surface area contributed by atoms with Gasteiger partial charge in [0, 0.05) is 10.3 Å². The lowest BCUT2D eigenvalue weighted by molar-refractivity contribution is -0.139. The van der Waals surface area contributed by atoms with Crippen LogP contribution in [0.3, 0.4) is 0 Å². The van der Waals surface area contributed by atoms with E-state index in [0.717, 1.165) is 25.7 Å². The summed E-state index contributed by atoms with van der Waals surface area (Å²) < 4.78 is 4.77. The van der Waals surface area contributed by atoms with Crippen LogP contribution in [0.5, 0.6) is 0 Å². The number of rotatable bonds is 4. The quantitative estimate of drug-likeness (QED) is 0.411. The van der Waals surface area contributed by atoms with E-state index < -0.39 is 0 Å². The molecule has 1 atom stereocenters. The number of thiophene rings is 1. The van der Waals surface area contributed by atoms with E-state index in [9.17, 15) is 4.79 Å². The van der Waals surface area contributed by atoms with E-state index in [0.29, 0.717) is 0 Å². The number of benzene rings is 1. The van der Waals surface area contributed by atoms with Crippen LogP contribution in [-0.4, -0.2) is 28.3 Å². The molecule has 0 fully saturated rings. The molecule has 0 spiro atoms. The van der Waals surface area contributed by atoms with Gasteiger partial charge in [-0.15, -0.1) is 11.3 Å². The molecule has 112 valence electrons. The van der Waals surface area contributed by atoms with Gasteiger partial charge in [0.1, 0.15) is 21.4 Å². The minimum Gasteiger partial charge on any atom is -0.468 e. The molecule has 0 aliphatic carbocycles. The zero-order chi connectivity index (χ0) is 15.5. The Labute approximate surface area is 136 Å². The van der Waals surface area contributed by atoms with E-state index in [1.54, 1.807) is 17.7 Å². The maximum atomic E-state index is 11.6. The molecule has 2 aromatic heterocycles. The summed E-state index contributed by atoms with van der Waals surface area (Å²) in [6.45, 7) is 1.81. The van der Waals surface area contributed by atoms with Gasteiger partial charge in [0.2, 0.25) is 0 Å². The van der Waals surface area contributed by atoms with E-state index >= 15 is 0 Å². The van der Waals surface area contributed by atoms with Crippen LogP contribution < -0.4 is 0 Å². The highest BCUT2D eigenvalue weighted by Gasteiger charge is 2.18. The standard InChI is InChI=1S/C16H14N2O2S2/c1-10(16(19)20-2)21-14-12-8-13(11-6-4-3-5-7-11)22-15(12)18-9-17-14/h3-10H,1-2H3. The van der Waals surface area contributed by atoms with Crippen molar-refractivity contribution in [2.45, 2.75) is 17.2 Å². The highest BCUT2D eigenvalue weighted by atomic mass is 32.2. The zero-order valence-electron chi connectivity index (χ0n) is 12.1. The van der Waals surface area contributed by atoms with Gasteiger partial charge in [-0.1, -0.05) is 42.1 Å². The van der Waals surface area contributed by atoms with E-state index in [-0.39, 0.29) is 11.2 Å². The Kier molecular flexibility index (Phi) is 4.40. The Morgan fingerprint density at radius 3 is 2.77 bits per heavy atom. The van der Waals surface area contributed by atoms with Crippen LogP contribution >= 0.6 is 23.1 Å². The molecular formula is C16H14N2O2S2. The van der Waals surface area contributed by atoms with E-state index in [2.05, 4.69) is 28.2 Å². The first kappa shape index (κ1) is 15.0. The molecule has 4 nitrogen and oxygen atoms in total. The number of hydrogen-bond donors (Lipinski definition) is 0. The van der Waals surface area contributed by atoms with Gasteiger partial charge in [-0.25, -0.2) is 9.97 Å². The van der Waals surface area contributed by atoms with Gasteiger partial charge in [0.05, 0.1) is 7.11 Å². The highest BCUT2D eigenvalue weighted by Crippen LogP contribution is 2.37. The summed E-state index contributed by atoms with van der Waals surface area (Å²) in [4.78, 5) is 22.3. The van der Waals surface area contributed by atoms with Crippen molar-refractivity contribution in [2.75, 3.05) is 7.11 Å². The Bertz CT molecular complexity index is 802. The van der Waals surface area contributed by atoms with Crippen LogP contribution in [0.1, 0.15) is 6.92 Å². The molecular weight excluding hydrogens is 316 g/mol. The van der Waals surface area contributed by atoms with Crippen LogP contribution in [0.25, 0.3) is 20.7 Å². The lowest BCUT2D eigenvalue weighted by Crippen LogP contribution is -2.14. The van der Waals surface area contributed by atoms with Crippen LogP contribution in [0.15, 0.2) is 47.8 Å². The molecule has 0 saturated carbocycles. The Balaban J connectivity index is 1.99. The first-order chi connectivity index (χ1) is 10.7. The van der Waals surface area contributed by atoms with Crippen molar-refractivity contribution in [3.05, 3.63) is 42.7 Å². The summed E-state index contributed by atoms with van der Waals surface area (Å²) in [5.74, 6) is -0.254. The number of hydrogen-bond acceptors (Lipinski definition) is 6. The van der Waals surface area contributed by atoms with Gasteiger partial charge in [-0.3, -0.25) is 4.79 Å². The topological polar surface area (TPSA) is 52.1 Å². The minimum absolute atomic E-state index is 0.254. The molecule has 3 aromatic rings. The number of carbonyl (C=O) groups is 1. The fourth-order valence-corrected chi connectivity index (χ4v) is 4.04. The Morgan fingerprint density at radius 1 is 1.27 bits per heavy atom. The lowest BCUT2D eigenvalue weighted by atomic mass is 10.2. The van der Waals surface area contributed by atoms with Crippen molar-refractivity contribution < 1.29 is 9.53 Å². The number of thioether (sulfide) groups is 1. The van der Waals surface area contributed by atoms with Crippen LogP contribution in [0.2, 0.25) is 0 Å². The van der Waals surface area contributed by atoms with Crippen molar-refractivity contribution in [3.63, 3.8) is 0 Å². The molecule has 0 radical (unpaired) electrons. The lowest BCUT2D eigenvalue weighted by Gasteiger charge is -2.08. The zero-order valence-corrected chi connectivity index (χ0v) is 13.8. The van der Waals surface area contributed by atoms with Gasteiger partial charge < -0.3 is 4.74 Å². The van der Waals surface area contributed by atoms with Crippen LogP contribution in [0, 0.1) is 0 Å². The van der Waals surface area contributed by atoms with Gasteiger partial charge in [-0.2, -0.15) is 0 Å². The maximum absolute atomic E-state index is 11.6. The predicted octanol–water partition coefficient (Wildman–Crippen LogP) is 4.01. The molecule has 22 heavy (non-hydrogen) atoms. The fraction of sp³-hybridized carbons (Fsp3) is 0.188. The summed E-state index contributed by atoms with van der Waals surface area (Å²) in [6.07, 6.45) is 1.54. The average Bonchev–Trinajstić information content (AvgIpc) is 3.00. The van der Waals surface area contributed by atoms with Crippen molar-refractivity contribution >= 4 is 39.3 Å². The number of ether oxygens (including phenoxy) is 1. The van der Waals surface area contributed by atoms with Gasteiger partial charge in [0.15, 0.2) is 0 Å².